The van der Waals surface area contributed by atoms with E-state index in [2.05, 4.69) is 15.6 Å². The number of methoxy groups -OCH3 is 3. The lowest BCUT2D eigenvalue weighted by atomic mass is 9.94. The summed E-state index contributed by atoms with van der Waals surface area (Å²) in [5.41, 5.74) is 3.06. The Kier molecular flexibility index (Phi) is 6.46. The number of fused-ring (bicyclic) bond motifs is 1. The Morgan fingerprint density at radius 1 is 0.973 bits per heavy atom. The quantitative estimate of drug-likeness (QED) is 0.388. The lowest BCUT2D eigenvalue weighted by Gasteiger charge is -2.29. The van der Waals surface area contributed by atoms with Gasteiger partial charge in [-0.1, -0.05) is 24.3 Å². The maximum Gasteiger partial charge on any atom is 0.255 e. The van der Waals surface area contributed by atoms with Crippen molar-refractivity contribution in [1.29, 1.82) is 0 Å². The largest absolute Gasteiger partial charge is 0.496 e. The summed E-state index contributed by atoms with van der Waals surface area (Å²) >= 11 is 0. The molecule has 0 fully saturated rings. The normalized spacial score (nSPS) is 14.4. The number of benzene rings is 2. The van der Waals surface area contributed by atoms with Crippen LogP contribution in [0.2, 0.25) is 0 Å². The third-order valence-corrected chi connectivity index (χ3v) is 6.09. The Morgan fingerprint density at radius 3 is 2.49 bits per heavy atom. The van der Waals surface area contributed by atoms with Gasteiger partial charge in [0.25, 0.3) is 5.91 Å². The van der Waals surface area contributed by atoms with Crippen LogP contribution in [0.1, 0.15) is 18.5 Å². The molecule has 2 aromatic heterocycles. The molecule has 4 aromatic rings. The molecule has 37 heavy (non-hydrogen) atoms. The van der Waals surface area contributed by atoms with Crippen LogP contribution in [0.3, 0.4) is 0 Å². The molecule has 0 saturated heterocycles. The maximum atomic E-state index is 13.7. The van der Waals surface area contributed by atoms with Gasteiger partial charge >= 0.3 is 0 Å². The molecular formula is C27H26N6O4. The van der Waals surface area contributed by atoms with Gasteiger partial charge in [-0.05, 0) is 37.3 Å². The van der Waals surface area contributed by atoms with Gasteiger partial charge in [0.2, 0.25) is 5.95 Å². The first-order chi connectivity index (χ1) is 18.0. The van der Waals surface area contributed by atoms with Crippen molar-refractivity contribution in [3.05, 3.63) is 83.8 Å². The van der Waals surface area contributed by atoms with Crippen molar-refractivity contribution in [1.82, 2.24) is 19.7 Å². The summed E-state index contributed by atoms with van der Waals surface area (Å²) in [4.78, 5) is 22.6. The van der Waals surface area contributed by atoms with Crippen molar-refractivity contribution >= 4 is 17.5 Å². The third-order valence-electron chi connectivity index (χ3n) is 6.09. The Morgan fingerprint density at radius 2 is 1.76 bits per heavy atom. The molecule has 188 valence electrons. The summed E-state index contributed by atoms with van der Waals surface area (Å²) in [6.07, 6.45) is 3.24. The number of rotatable bonds is 7. The second-order valence-electron chi connectivity index (χ2n) is 8.25. The summed E-state index contributed by atoms with van der Waals surface area (Å²) < 4.78 is 18.5. The highest BCUT2D eigenvalue weighted by Gasteiger charge is 2.37. The van der Waals surface area contributed by atoms with E-state index in [0.717, 1.165) is 5.56 Å². The van der Waals surface area contributed by atoms with Gasteiger partial charge in [-0.15, -0.1) is 5.10 Å². The number of aromatic nitrogens is 4. The fourth-order valence-electron chi connectivity index (χ4n) is 4.44. The fraction of sp³-hybridized carbons (Fsp3) is 0.185. The number of carbonyl (C=O) groups is 1. The summed E-state index contributed by atoms with van der Waals surface area (Å²) in [7, 11) is 4.74. The number of carbonyl (C=O) groups excluding carboxylic acids is 1. The number of nitrogens with zero attached hydrogens (tertiary/aromatic N) is 4. The van der Waals surface area contributed by atoms with Gasteiger partial charge in [0.15, 0.2) is 17.3 Å². The highest BCUT2D eigenvalue weighted by atomic mass is 16.5. The number of ether oxygens (including phenoxy) is 3. The SMILES string of the molecule is COc1ccccc1-c1nc2n(n1)[C@H](c1cccc(OC)c1OC)C(C(=O)Nc1cccnc1)=C(C)N2. The van der Waals surface area contributed by atoms with E-state index in [0.29, 0.717) is 51.5 Å². The minimum atomic E-state index is -0.672. The summed E-state index contributed by atoms with van der Waals surface area (Å²) in [6, 6.07) is 15.9. The van der Waals surface area contributed by atoms with Gasteiger partial charge in [0, 0.05) is 17.5 Å². The van der Waals surface area contributed by atoms with Crippen LogP contribution < -0.4 is 24.8 Å². The molecule has 5 rings (SSSR count). The molecule has 2 aromatic carbocycles. The molecule has 0 unspecified atom stereocenters. The highest BCUT2D eigenvalue weighted by Crippen LogP contribution is 2.43. The van der Waals surface area contributed by atoms with E-state index in [1.54, 1.807) is 56.6 Å². The first-order valence-corrected chi connectivity index (χ1v) is 11.6. The second kappa shape index (κ2) is 10.0. The van der Waals surface area contributed by atoms with Crippen molar-refractivity contribution in [2.75, 3.05) is 32.0 Å². The van der Waals surface area contributed by atoms with Crippen molar-refractivity contribution in [2.24, 2.45) is 0 Å². The Labute approximate surface area is 213 Å². The number of hydrogen-bond donors (Lipinski definition) is 2. The van der Waals surface area contributed by atoms with Gasteiger partial charge < -0.3 is 24.8 Å². The van der Waals surface area contributed by atoms with Crippen LogP contribution in [0, 0.1) is 0 Å². The number of nitrogens with one attached hydrogen (secondary N) is 2. The summed E-state index contributed by atoms with van der Waals surface area (Å²) in [5, 5.41) is 11.0. The third kappa shape index (κ3) is 4.33. The van der Waals surface area contributed by atoms with Crippen LogP contribution in [0.25, 0.3) is 11.4 Å². The first-order valence-electron chi connectivity index (χ1n) is 11.6. The fourth-order valence-corrected chi connectivity index (χ4v) is 4.44. The molecule has 1 aliphatic rings. The number of amides is 1. The molecule has 2 N–H and O–H groups in total. The summed E-state index contributed by atoms with van der Waals surface area (Å²) in [6.45, 7) is 1.83. The van der Waals surface area contributed by atoms with Gasteiger partial charge in [-0.2, -0.15) is 4.98 Å². The smallest absolute Gasteiger partial charge is 0.255 e. The number of para-hydroxylation sites is 2. The minimum absolute atomic E-state index is 0.312. The van der Waals surface area contributed by atoms with E-state index in [9.17, 15) is 4.79 Å². The van der Waals surface area contributed by atoms with E-state index in [4.69, 9.17) is 24.3 Å². The average Bonchev–Trinajstić information content (AvgIpc) is 3.35. The van der Waals surface area contributed by atoms with Gasteiger partial charge in [-0.3, -0.25) is 9.78 Å². The monoisotopic (exact) mass is 498 g/mol. The standard InChI is InChI=1S/C27H26N6O4/c1-16-22(26(34)30-17-9-8-14-28-15-17)23(19-11-7-13-21(36-3)24(19)37-4)33-27(29-16)31-25(32-33)18-10-5-6-12-20(18)35-2/h5-15,23H,1-4H3,(H,30,34)(H,29,31,32)/t23-/m1/s1. The van der Waals surface area contributed by atoms with E-state index in [-0.39, 0.29) is 5.91 Å². The van der Waals surface area contributed by atoms with E-state index < -0.39 is 6.04 Å². The van der Waals surface area contributed by atoms with Crippen molar-refractivity contribution in [2.45, 2.75) is 13.0 Å². The molecule has 0 saturated carbocycles. The van der Waals surface area contributed by atoms with Crippen LogP contribution in [0.4, 0.5) is 11.6 Å². The zero-order chi connectivity index (χ0) is 25.9. The zero-order valence-corrected chi connectivity index (χ0v) is 20.9. The van der Waals surface area contributed by atoms with Crippen LogP contribution in [-0.4, -0.2) is 47.0 Å². The zero-order valence-electron chi connectivity index (χ0n) is 20.9. The van der Waals surface area contributed by atoms with Gasteiger partial charge in [0.1, 0.15) is 11.8 Å². The van der Waals surface area contributed by atoms with Crippen LogP contribution >= 0.6 is 0 Å². The molecule has 3 heterocycles. The van der Waals surface area contributed by atoms with Crippen LogP contribution in [0.5, 0.6) is 17.2 Å². The topological polar surface area (TPSA) is 112 Å². The molecule has 1 atom stereocenters. The molecule has 0 bridgehead atoms. The van der Waals surface area contributed by atoms with Crippen LogP contribution in [0.15, 0.2) is 78.3 Å². The molecule has 10 nitrogen and oxygen atoms in total. The van der Waals surface area contributed by atoms with Gasteiger partial charge in [-0.25, -0.2) is 4.68 Å². The maximum absolute atomic E-state index is 13.7. The molecule has 1 amide bonds. The highest BCUT2D eigenvalue weighted by molar-refractivity contribution is 6.06. The molecule has 0 aliphatic carbocycles. The lowest BCUT2D eigenvalue weighted by Crippen LogP contribution is -2.31. The molecule has 1 aliphatic heterocycles. The lowest BCUT2D eigenvalue weighted by molar-refractivity contribution is -0.113. The molecule has 0 radical (unpaired) electrons. The number of pyridine rings is 1. The minimum Gasteiger partial charge on any atom is -0.496 e. The second-order valence-corrected chi connectivity index (χ2v) is 8.25. The Bertz CT molecular complexity index is 1480. The van der Waals surface area contributed by atoms with E-state index in [1.165, 1.54) is 0 Å². The number of hydrogen-bond acceptors (Lipinski definition) is 8. The predicted molar refractivity (Wildman–Crippen MR) is 139 cm³/mol. The number of allylic oxidation sites excluding steroid dienone is 1. The molecular weight excluding hydrogens is 472 g/mol. The van der Waals surface area contributed by atoms with E-state index >= 15 is 0 Å². The van der Waals surface area contributed by atoms with Crippen molar-refractivity contribution in [3.63, 3.8) is 0 Å². The van der Waals surface area contributed by atoms with E-state index in [1.807, 2.05) is 43.3 Å². The van der Waals surface area contributed by atoms with Crippen molar-refractivity contribution < 1.29 is 19.0 Å². The summed E-state index contributed by atoms with van der Waals surface area (Å²) in [5.74, 6) is 2.29. The first kappa shape index (κ1) is 23.9. The Hall–Kier alpha value is -4.86. The Balaban J connectivity index is 1.68. The molecule has 10 heteroatoms. The molecule has 0 spiro atoms. The number of anilines is 2. The predicted octanol–water partition coefficient (Wildman–Crippen LogP) is 4.29. The average molecular weight is 499 g/mol. The van der Waals surface area contributed by atoms with Gasteiger partial charge in [0.05, 0.1) is 44.4 Å². The van der Waals surface area contributed by atoms with Crippen LogP contribution in [-0.2, 0) is 4.79 Å². The van der Waals surface area contributed by atoms with Crippen molar-refractivity contribution in [3.8, 4) is 28.6 Å².